The van der Waals surface area contributed by atoms with E-state index in [1.54, 1.807) is 14.1 Å². The molecule has 6 heteroatoms. The summed E-state index contributed by atoms with van der Waals surface area (Å²) < 4.78 is 1.03. The lowest BCUT2D eigenvalue weighted by atomic mass is 10.0. The summed E-state index contributed by atoms with van der Waals surface area (Å²) in [4.78, 5) is 24.6. The van der Waals surface area contributed by atoms with Crippen molar-refractivity contribution in [2.45, 2.75) is 19.4 Å². The van der Waals surface area contributed by atoms with Crippen molar-refractivity contribution in [3.05, 3.63) is 34.3 Å². The van der Waals surface area contributed by atoms with Crippen molar-refractivity contribution in [2.24, 2.45) is 0 Å². The molecule has 0 unspecified atom stereocenters. The van der Waals surface area contributed by atoms with Crippen LogP contribution < -0.4 is 10.6 Å². The molecule has 0 saturated heterocycles. The maximum absolute atomic E-state index is 12.0. The Morgan fingerprint density at radius 3 is 2.43 bits per heavy atom. The number of carbonyl (C=O) groups excluding carboxylic acids is 2. The fraction of sp³-hybridized carbons (Fsp3) is 0.467. The van der Waals surface area contributed by atoms with Crippen LogP contribution in [0.15, 0.2) is 28.7 Å². The standard InChI is InChI=1S/C15H22BrN3O2/c1-4-13(11-5-7-12(16)8-6-11)18-9-15(21)19(3)10-14(20)17-2/h5-8,13,18H,4,9-10H2,1-3H3,(H,17,20)/t13-/m0/s1. The minimum atomic E-state index is -0.175. The van der Waals surface area contributed by atoms with E-state index in [9.17, 15) is 9.59 Å². The van der Waals surface area contributed by atoms with Gasteiger partial charge in [-0.1, -0.05) is 35.0 Å². The van der Waals surface area contributed by atoms with E-state index in [2.05, 4.69) is 33.5 Å². The molecule has 116 valence electrons. The number of rotatable bonds is 7. The molecule has 1 rings (SSSR count). The summed E-state index contributed by atoms with van der Waals surface area (Å²) in [5.74, 6) is -0.278. The highest BCUT2D eigenvalue weighted by atomic mass is 79.9. The van der Waals surface area contributed by atoms with Gasteiger partial charge in [0.2, 0.25) is 11.8 Å². The van der Waals surface area contributed by atoms with Gasteiger partial charge in [0, 0.05) is 24.6 Å². The van der Waals surface area contributed by atoms with Gasteiger partial charge in [-0.05, 0) is 24.1 Å². The van der Waals surface area contributed by atoms with Crippen LogP contribution in [0.2, 0.25) is 0 Å². The van der Waals surface area contributed by atoms with Crippen molar-refractivity contribution in [2.75, 3.05) is 27.2 Å². The SMILES string of the molecule is CC[C@H](NCC(=O)N(C)CC(=O)NC)c1ccc(Br)cc1. The van der Waals surface area contributed by atoms with E-state index < -0.39 is 0 Å². The Balaban J connectivity index is 2.53. The quantitative estimate of drug-likeness (QED) is 0.782. The third-order valence-electron chi connectivity index (χ3n) is 3.27. The summed E-state index contributed by atoms with van der Waals surface area (Å²) in [5.41, 5.74) is 1.14. The van der Waals surface area contributed by atoms with Crippen LogP contribution in [0.25, 0.3) is 0 Å². The first-order valence-corrected chi connectivity index (χ1v) is 7.70. The van der Waals surface area contributed by atoms with Crippen LogP contribution in [-0.4, -0.2) is 43.9 Å². The minimum Gasteiger partial charge on any atom is -0.358 e. The zero-order valence-corrected chi connectivity index (χ0v) is 14.2. The molecule has 0 spiro atoms. The average Bonchev–Trinajstić information content (AvgIpc) is 2.48. The van der Waals surface area contributed by atoms with Crippen LogP contribution in [0.5, 0.6) is 0 Å². The number of carbonyl (C=O) groups is 2. The largest absolute Gasteiger partial charge is 0.358 e. The highest BCUT2D eigenvalue weighted by Gasteiger charge is 2.15. The third kappa shape index (κ3) is 5.85. The zero-order valence-electron chi connectivity index (χ0n) is 12.6. The number of hydrogen-bond acceptors (Lipinski definition) is 3. The van der Waals surface area contributed by atoms with Gasteiger partial charge in [0.15, 0.2) is 0 Å². The van der Waals surface area contributed by atoms with Crippen molar-refractivity contribution in [1.29, 1.82) is 0 Å². The van der Waals surface area contributed by atoms with Gasteiger partial charge < -0.3 is 15.5 Å². The number of likely N-dealkylation sites (N-methyl/N-ethyl adjacent to an activating group) is 2. The van der Waals surface area contributed by atoms with E-state index in [0.717, 1.165) is 16.5 Å². The number of nitrogens with zero attached hydrogens (tertiary/aromatic N) is 1. The van der Waals surface area contributed by atoms with Gasteiger partial charge in [-0.25, -0.2) is 0 Å². The Morgan fingerprint density at radius 2 is 1.90 bits per heavy atom. The number of benzene rings is 1. The van der Waals surface area contributed by atoms with Crippen LogP contribution >= 0.6 is 15.9 Å². The molecular weight excluding hydrogens is 334 g/mol. The zero-order chi connectivity index (χ0) is 15.8. The van der Waals surface area contributed by atoms with Crippen molar-refractivity contribution in [3.63, 3.8) is 0 Å². The van der Waals surface area contributed by atoms with Crippen LogP contribution in [-0.2, 0) is 9.59 Å². The molecule has 0 radical (unpaired) electrons. The Kier molecular flexibility index (Phi) is 7.39. The fourth-order valence-corrected chi connectivity index (χ4v) is 2.19. The first kappa shape index (κ1) is 17.7. The molecule has 0 aliphatic rings. The van der Waals surface area contributed by atoms with Crippen molar-refractivity contribution in [1.82, 2.24) is 15.5 Å². The van der Waals surface area contributed by atoms with Gasteiger partial charge >= 0.3 is 0 Å². The summed E-state index contributed by atoms with van der Waals surface area (Å²) in [6.45, 7) is 2.35. The highest BCUT2D eigenvalue weighted by molar-refractivity contribution is 9.10. The summed E-state index contributed by atoms with van der Waals surface area (Å²) in [6.07, 6.45) is 0.883. The molecule has 0 saturated carbocycles. The minimum absolute atomic E-state index is 0.0755. The number of amides is 2. The van der Waals surface area contributed by atoms with Gasteiger partial charge in [0.05, 0.1) is 13.1 Å². The maximum atomic E-state index is 12.0. The van der Waals surface area contributed by atoms with E-state index in [-0.39, 0.29) is 30.9 Å². The lowest BCUT2D eigenvalue weighted by Gasteiger charge is -2.20. The van der Waals surface area contributed by atoms with Gasteiger partial charge in [-0.15, -0.1) is 0 Å². The van der Waals surface area contributed by atoms with E-state index in [4.69, 9.17) is 0 Å². The summed E-state index contributed by atoms with van der Waals surface area (Å²) >= 11 is 3.41. The van der Waals surface area contributed by atoms with Crippen LogP contribution in [0.1, 0.15) is 24.9 Å². The van der Waals surface area contributed by atoms with E-state index in [1.807, 2.05) is 24.3 Å². The van der Waals surface area contributed by atoms with Crippen molar-refractivity contribution in [3.8, 4) is 0 Å². The lowest BCUT2D eigenvalue weighted by molar-refractivity contribution is -0.133. The molecule has 0 heterocycles. The van der Waals surface area contributed by atoms with E-state index in [1.165, 1.54) is 4.90 Å². The van der Waals surface area contributed by atoms with Gasteiger partial charge in [-0.2, -0.15) is 0 Å². The molecule has 2 N–H and O–H groups in total. The lowest BCUT2D eigenvalue weighted by Crippen LogP contribution is -2.41. The van der Waals surface area contributed by atoms with Crippen molar-refractivity contribution < 1.29 is 9.59 Å². The second kappa shape index (κ2) is 8.79. The first-order valence-electron chi connectivity index (χ1n) is 6.91. The predicted molar refractivity (Wildman–Crippen MR) is 86.9 cm³/mol. The number of nitrogens with one attached hydrogen (secondary N) is 2. The topological polar surface area (TPSA) is 61.4 Å². The molecule has 2 amide bonds. The van der Waals surface area contributed by atoms with Crippen LogP contribution in [0.3, 0.4) is 0 Å². The second-order valence-corrected chi connectivity index (χ2v) is 5.73. The molecule has 0 fully saturated rings. The van der Waals surface area contributed by atoms with Gasteiger partial charge in [-0.3, -0.25) is 9.59 Å². The third-order valence-corrected chi connectivity index (χ3v) is 3.79. The van der Waals surface area contributed by atoms with Crippen LogP contribution in [0.4, 0.5) is 0 Å². The average molecular weight is 356 g/mol. The number of halogens is 1. The fourth-order valence-electron chi connectivity index (χ4n) is 1.92. The van der Waals surface area contributed by atoms with Gasteiger partial charge in [0.1, 0.15) is 0 Å². The molecule has 0 bridgehead atoms. The highest BCUT2D eigenvalue weighted by Crippen LogP contribution is 2.19. The molecular formula is C15H22BrN3O2. The molecule has 1 atom stereocenters. The molecule has 0 aliphatic carbocycles. The molecule has 1 aromatic rings. The Bertz CT molecular complexity index is 476. The van der Waals surface area contributed by atoms with E-state index in [0.29, 0.717) is 0 Å². The molecule has 0 aliphatic heterocycles. The predicted octanol–water partition coefficient (Wildman–Crippen LogP) is 1.69. The Morgan fingerprint density at radius 1 is 1.29 bits per heavy atom. The number of hydrogen-bond donors (Lipinski definition) is 2. The summed E-state index contributed by atoms with van der Waals surface area (Å²) in [5, 5.41) is 5.74. The van der Waals surface area contributed by atoms with E-state index >= 15 is 0 Å². The molecule has 5 nitrogen and oxygen atoms in total. The van der Waals surface area contributed by atoms with Gasteiger partial charge in [0.25, 0.3) is 0 Å². The molecule has 0 aromatic heterocycles. The normalized spacial score (nSPS) is 11.8. The Hall–Kier alpha value is -1.40. The van der Waals surface area contributed by atoms with Crippen molar-refractivity contribution >= 4 is 27.7 Å². The second-order valence-electron chi connectivity index (χ2n) is 4.82. The monoisotopic (exact) mass is 355 g/mol. The van der Waals surface area contributed by atoms with Crippen LogP contribution in [0, 0.1) is 0 Å². The summed E-state index contributed by atoms with van der Waals surface area (Å²) in [7, 11) is 3.18. The first-order chi connectivity index (χ1) is 9.97. The molecule has 1 aromatic carbocycles. The smallest absolute Gasteiger partial charge is 0.239 e. The molecule has 21 heavy (non-hydrogen) atoms. The maximum Gasteiger partial charge on any atom is 0.239 e. The summed E-state index contributed by atoms with van der Waals surface area (Å²) in [6, 6.07) is 8.15. The Labute approximate surface area is 134 Å².